The molecular weight excluding hydrogens is 312 g/mol. The molecule has 0 spiro atoms. The van der Waals surface area contributed by atoms with Crippen molar-refractivity contribution >= 4 is 5.91 Å². The molecular formula is C20H32N4O. The van der Waals surface area contributed by atoms with Gasteiger partial charge in [-0.25, -0.2) is 0 Å². The van der Waals surface area contributed by atoms with Crippen molar-refractivity contribution in [1.82, 2.24) is 20.1 Å². The zero-order chi connectivity index (χ0) is 17.6. The Hall–Kier alpha value is -1.46. The summed E-state index contributed by atoms with van der Waals surface area (Å²) in [5.41, 5.74) is 2.65. The maximum Gasteiger partial charge on any atom is 0.222 e. The normalized spacial score (nSPS) is 23.6. The van der Waals surface area contributed by atoms with Crippen molar-refractivity contribution < 1.29 is 4.79 Å². The molecule has 138 valence electrons. The lowest BCUT2D eigenvalue weighted by Crippen LogP contribution is -2.56. The lowest BCUT2D eigenvalue weighted by atomic mass is 9.91. The van der Waals surface area contributed by atoms with Crippen LogP contribution in [-0.2, 0) is 11.2 Å². The molecule has 0 bridgehead atoms. The number of fused-ring (bicyclic) bond motifs is 1. The molecule has 2 unspecified atom stereocenters. The number of piperazine rings is 1. The van der Waals surface area contributed by atoms with Crippen molar-refractivity contribution in [3.8, 4) is 0 Å². The first-order valence-corrected chi connectivity index (χ1v) is 9.84. The first kappa shape index (κ1) is 18.3. The van der Waals surface area contributed by atoms with Crippen LogP contribution in [0.4, 0.5) is 0 Å². The van der Waals surface area contributed by atoms with Gasteiger partial charge in [-0.15, -0.1) is 0 Å². The van der Waals surface area contributed by atoms with E-state index in [1.165, 1.54) is 24.1 Å². The van der Waals surface area contributed by atoms with E-state index in [0.29, 0.717) is 24.4 Å². The van der Waals surface area contributed by atoms with Crippen molar-refractivity contribution in [2.75, 3.05) is 33.2 Å². The monoisotopic (exact) mass is 344 g/mol. The highest BCUT2D eigenvalue weighted by atomic mass is 16.2. The molecule has 5 heteroatoms. The Bertz CT molecular complexity index is 577. The largest absolute Gasteiger partial charge is 0.340 e. The minimum atomic E-state index is 0.320. The highest BCUT2D eigenvalue weighted by Gasteiger charge is 2.29. The fourth-order valence-corrected chi connectivity index (χ4v) is 4.15. The summed E-state index contributed by atoms with van der Waals surface area (Å²) in [7, 11) is 2.20. The first-order chi connectivity index (χ1) is 12.2. The number of aryl methyl sites for hydroxylation is 1. The highest BCUT2D eigenvalue weighted by Crippen LogP contribution is 2.31. The third kappa shape index (κ3) is 4.59. The Balaban J connectivity index is 1.58. The number of carbonyl (C=O) groups is 1. The van der Waals surface area contributed by atoms with Gasteiger partial charge in [0.15, 0.2) is 0 Å². The van der Waals surface area contributed by atoms with E-state index in [4.69, 9.17) is 0 Å². The second-order valence-corrected chi connectivity index (χ2v) is 7.49. The maximum absolute atomic E-state index is 12.3. The van der Waals surface area contributed by atoms with Crippen LogP contribution in [0.15, 0.2) is 18.3 Å². The second kappa shape index (κ2) is 8.77. The fourth-order valence-electron chi connectivity index (χ4n) is 4.15. The topological polar surface area (TPSA) is 48.5 Å². The van der Waals surface area contributed by atoms with E-state index in [1.807, 2.05) is 12.3 Å². The molecule has 2 aliphatic rings. The lowest BCUT2D eigenvalue weighted by molar-refractivity contribution is -0.132. The number of nitrogens with zero attached hydrogens (tertiary/aromatic N) is 3. The van der Waals surface area contributed by atoms with Crippen LogP contribution in [0.2, 0.25) is 0 Å². The molecule has 1 aliphatic heterocycles. The predicted molar refractivity (Wildman–Crippen MR) is 100 cm³/mol. The number of nitrogens with one attached hydrogen (secondary N) is 1. The highest BCUT2D eigenvalue weighted by molar-refractivity contribution is 5.76. The van der Waals surface area contributed by atoms with E-state index in [-0.39, 0.29) is 0 Å². The minimum absolute atomic E-state index is 0.320. The summed E-state index contributed by atoms with van der Waals surface area (Å²) in [5, 5.41) is 3.60. The summed E-state index contributed by atoms with van der Waals surface area (Å²) in [5.74, 6) is 0.320. The molecule has 1 saturated heterocycles. The van der Waals surface area contributed by atoms with E-state index >= 15 is 0 Å². The molecule has 2 heterocycles. The van der Waals surface area contributed by atoms with Crippen molar-refractivity contribution in [1.29, 1.82) is 0 Å². The third-order valence-corrected chi connectivity index (χ3v) is 5.56. The van der Waals surface area contributed by atoms with Gasteiger partial charge < -0.3 is 10.2 Å². The van der Waals surface area contributed by atoms with Crippen LogP contribution in [0.25, 0.3) is 0 Å². The van der Waals surface area contributed by atoms with Crippen LogP contribution in [-0.4, -0.2) is 60.0 Å². The summed E-state index contributed by atoms with van der Waals surface area (Å²) in [6.07, 6.45) is 8.24. The number of hydrogen-bond donors (Lipinski definition) is 1. The van der Waals surface area contributed by atoms with Gasteiger partial charge >= 0.3 is 0 Å². The zero-order valence-electron chi connectivity index (χ0n) is 15.7. The smallest absolute Gasteiger partial charge is 0.222 e. The summed E-state index contributed by atoms with van der Waals surface area (Å²) >= 11 is 0. The van der Waals surface area contributed by atoms with Crippen molar-refractivity contribution in [3.63, 3.8) is 0 Å². The van der Waals surface area contributed by atoms with E-state index in [1.54, 1.807) is 0 Å². The molecule has 1 aliphatic carbocycles. The summed E-state index contributed by atoms with van der Waals surface area (Å²) in [6.45, 7) is 5.66. The minimum Gasteiger partial charge on any atom is -0.340 e. The number of likely N-dealkylation sites (N-methyl/N-ethyl adjacent to an activating group) is 1. The molecule has 25 heavy (non-hydrogen) atoms. The van der Waals surface area contributed by atoms with Crippen LogP contribution in [0.1, 0.15) is 56.3 Å². The van der Waals surface area contributed by atoms with Crippen molar-refractivity contribution in [3.05, 3.63) is 29.6 Å². The number of carbonyl (C=O) groups excluding carboxylic acids is 1. The zero-order valence-corrected chi connectivity index (χ0v) is 15.7. The van der Waals surface area contributed by atoms with E-state index in [0.717, 1.165) is 45.4 Å². The molecule has 0 aromatic carbocycles. The molecule has 1 aromatic rings. The molecule has 1 amide bonds. The van der Waals surface area contributed by atoms with Crippen molar-refractivity contribution in [2.24, 2.45) is 0 Å². The van der Waals surface area contributed by atoms with Crippen LogP contribution in [0.3, 0.4) is 0 Å². The quantitative estimate of drug-likeness (QED) is 0.861. The van der Waals surface area contributed by atoms with Gasteiger partial charge in [0, 0.05) is 44.8 Å². The second-order valence-electron chi connectivity index (χ2n) is 7.49. The summed E-state index contributed by atoms with van der Waals surface area (Å²) in [4.78, 5) is 21.5. The Morgan fingerprint density at radius 2 is 2.36 bits per heavy atom. The SMILES string of the molecule is CCCCC(=O)N1CCNC(CN(C)C2CCCc3cccnc32)C1. The van der Waals surface area contributed by atoms with Crippen LogP contribution in [0, 0.1) is 0 Å². The van der Waals surface area contributed by atoms with Gasteiger partial charge in [0.2, 0.25) is 5.91 Å². The van der Waals surface area contributed by atoms with Gasteiger partial charge in [0.25, 0.3) is 0 Å². The molecule has 1 fully saturated rings. The average molecular weight is 345 g/mol. The number of pyridine rings is 1. The molecule has 0 saturated carbocycles. The molecule has 3 rings (SSSR count). The molecule has 2 atom stereocenters. The van der Waals surface area contributed by atoms with E-state index in [9.17, 15) is 4.79 Å². The van der Waals surface area contributed by atoms with Gasteiger partial charge in [-0.1, -0.05) is 19.4 Å². The number of unbranched alkanes of at least 4 members (excludes halogenated alkanes) is 1. The molecule has 0 radical (unpaired) electrons. The van der Waals surface area contributed by atoms with E-state index in [2.05, 4.69) is 40.1 Å². The number of rotatable bonds is 6. The number of hydrogen-bond acceptors (Lipinski definition) is 4. The summed E-state index contributed by atoms with van der Waals surface area (Å²) in [6, 6.07) is 5.01. The summed E-state index contributed by atoms with van der Waals surface area (Å²) < 4.78 is 0. The van der Waals surface area contributed by atoms with Crippen LogP contribution >= 0.6 is 0 Å². The van der Waals surface area contributed by atoms with Gasteiger partial charge in [-0.3, -0.25) is 14.7 Å². The maximum atomic E-state index is 12.3. The Morgan fingerprint density at radius 1 is 1.48 bits per heavy atom. The lowest BCUT2D eigenvalue weighted by Gasteiger charge is -2.39. The van der Waals surface area contributed by atoms with Gasteiger partial charge in [-0.05, 0) is 44.4 Å². The Morgan fingerprint density at radius 3 is 3.20 bits per heavy atom. The molecule has 1 N–H and O–H groups in total. The first-order valence-electron chi connectivity index (χ1n) is 9.84. The fraction of sp³-hybridized carbons (Fsp3) is 0.700. The van der Waals surface area contributed by atoms with E-state index < -0.39 is 0 Å². The number of amides is 1. The molecule has 5 nitrogen and oxygen atoms in total. The standard InChI is InChI=1S/C20H32N4O/c1-3-4-10-19(25)24-13-12-21-17(15-24)14-23(2)18-9-5-7-16-8-6-11-22-20(16)18/h6,8,11,17-18,21H,3-5,7,9-10,12-15H2,1-2H3. The number of aromatic nitrogens is 1. The van der Waals surface area contributed by atoms with Crippen molar-refractivity contribution in [2.45, 2.75) is 57.5 Å². The van der Waals surface area contributed by atoms with Crippen LogP contribution in [0.5, 0.6) is 0 Å². The van der Waals surface area contributed by atoms with Crippen LogP contribution < -0.4 is 5.32 Å². The average Bonchev–Trinajstić information content (AvgIpc) is 2.65. The molecule has 1 aromatic heterocycles. The van der Waals surface area contributed by atoms with Gasteiger partial charge in [-0.2, -0.15) is 0 Å². The predicted octanol–water partition coefficient (Wildman–Crippen LogP) is 2.38. The Kier molecular flexibility index (Phi) is 6.43. The Labute approximate surface area is 151 Å². The van der Waals surface area contributed by atoms with Gasteiger partial charge in [0.1, 0.15) is 0 Å². The third-order valence-electron chi connectivity index (χ3n) is 5.56. The van der Waals surface area contributed by atoms with Gasteiger partial charge in [0.05, 0.1) is 11.7 Å².